The maximum Gasteiger partial charge on any atom is 0.174 e. The number of fused-ring (bicyclic) bond motifs is 5. The molecule has 3 aromatic carbocycles. The molecule has 2 N–H and O–H groups in total. The smallest absolute Gasteiger partial charge is 0.174 e. The monoisotopic (exact) mass is 399 g/mol. The Morgan fingerprint density at radius 3 is 2.77 bits per heavy atom. The Hall–Kier alpha value is -3.67. The molecule has 0 radical (unpaired) electrons. The first kappa shape index (κ1) is 17.2. The van der Waals surface area contributed by atoms with E-state index in [9.17, 15) is 0 Å². The number of anilines is 2. The lowest BCUT2D eigenvalue weighted by atomic mass is 9.77. The first-order valence-electron chi connectivity index (χ1n) is 9.97. The van der Waals surface area contributed by atoms with Gasteiger partial charge in [0.2, 0.25) is 0 Å². The van der Waals surface area contributed by atoms with Crippen LogP contribution in [0.5, 0.6) is 11.5 Å². The van der Waals surface area contributed by atoms with Gasteiger partial charge in [-0.15, -0.1) is 0 Å². The summed E-state index contributed by atoms with van der Waals surface area (Å²) in [4.78, 5) is 2.43. The van der Waals surface area contributed by atoms with Crippen molar-refractivity contribution in [1.82, 2.24) is 5.16 Å². The number of rotatable bonds is 3. The minimum absolute atomic E-state index is 0.240. The van der Waals surface area contributed by atoms with Gasteiger partial charge in [-0.25, -0.2) is 0 Å². The van der Waals surface area contributed by atoms with Gasteiger partial charge in [0.05, 0.1) is 17.9 Å². The molecule has 1 aromatic heterocycles. The lowest BCUT2D eigenvalue weighted by molar-refractivity contribution is 0.298. The van der Waals surface area contributed by atoms with Crippen LogP contribution in [-0.4, -0.2) is 25.4 Å². The molecular formula is C24H21N3O3. The van der Waals surface area contributed by atoms with Crippen LogP contribution < -0.4 is 20.1 Å². The number of hydrogen-bond donors (Lipinski definition) is 1. The van der Waals surface area contributed by atoms with Crippen LogP contribution in [0.15, 0.2) is 65.2 Å². The van der Waals surface area contributed by atoms with Gasteiger partial charge in [0.15, 0.2) is 11.4 Å². The first-order chi connectivity index (χ1) is 14.7. The largest absolute Gasteiger partial charge is 0.497 e. The highest BCUT2D eigenvalue weighted by Crippen LogP contribution is 2.52. The summed E-state index contributed by atoms with van der Waals surface area (Å²) in [5.74, 6) is 2.13. The summed E-state index contributed by atoms with van der Waals surface area (Å²) in [5, 5.41) is 4.74. The van der Waals surface area contributed by atoms with Crippen molar-refractivity contribution in [3.8, 4) is 11.5 Å². The number of methoxy groups -OCH3 is 1. The summed E-state index contributed by atoms with van der Waals surface area (Å²) >= 11 is 0. The molecule has 6 nitrogen and oxygen atoms in total. The Bertz CT molecular complexity index is 1260. The molecule has 1 spiro atoms. The zero-order valence-corrected chi connectivity index (χ0v) is 16.6. The van der Waals surface area contributed by atoms with Crippen molar-refractivity contribution < 1.29 is 14.0 Å². The van der Waals surface area contributed by atoms with Crippen molar-refractivity contribution in [2.45, 2.75) is 12.0 Å². The Balaban J connectivity index is 1.44. The van der Waals surface area contributed by atoms with E-state index in [1.54, 1.807) is 7.11 Å². The number of nitrogens with two attached hydrogens (primary N) is 1. The van der Waals surface area contributed by atoms with Crippen LogP contribution in [0.1, 0.15) is 16.7 Å². The van der Waals surface area contributed by atoms with Crippen molar-refractivity contribution in [1.29, 1.82) is 0 Å². The molecule has 1 atom stereocenters. The van der Waals surface area contributed by atoms with Gasteiger partial charge in [-0.2, -0.15) is 0 Å². The van der Waals surface area contributed by atoms with Crippen molar-refractivity contribution in [3.05, 3.63) is 77.4 Å². The third kappa shape index (κ3) is 2.33. The van der Waals surface area contributed by atoms with Gasteiger partial charge >= 0.3 is 0 Å². The molecule has 3 heterocycles. The van der Waals surface area contributed by atoms with E-state index < -0.39 is 0 Å². The Kier molecular flexibility index (Phi) is 3.53. The van der Waals surface area contributed by atoms with Gasteiger partial charge in [0, 0.05) is 30.4 Å². The highest BCUT2D eigenvalue weighted by atomic mass is 16.5. The van der Waals surface area contributed by atoms with Crippen molar-refractivity contribution in [2.24, 2.45) is 0 Å². The first-order valence-corrected chi connectivity index (χ1v) is 9.97. The van der Waals surface area contributed by atoms with E-state index in [2.05, 4.69) is 52.5 Å². The summed E-state index contributed by atoms with van der Waals surface area (Å²) < 4.78 is 16.8. The molecule has 0 aliphatic carbocycles. The Morgan fingerprint density at radius 2 is 1.93 bits per heavy atom. The minimum atomic E-state index is -0.240. The maximum absolute atomic E-state index is 6.17. The van der Waals surface area contributed by atoms with Crippen LogP contribution >= 0.6 is 0 Å². The average molecular weight is 399 g/mol. The number of benzene rings is 3. The molecular weight excluding hydrogens is 378 g/mol. The summed E-state index contributed by atoms with van der Waals surface area (Å²) in [6.45, 7) is 2.25. The summed E-state index contributed by atoms with van der Waals surface area (Å²) in [6, 6.07) is 20.9. The molecule has 2 aliphatic rings. The zero-order valence-electron chi connectivity index (χ0n) is 16.6. The van der Waals surface area contributed by atoms with Crippen LogP contribution in [0.2, 0.25) is 0 Å². The number of nitrogens with zero attached hydrogens (tertiary/aromatic N) is 2. The molecule has 0 amide bonds. The fraction of sp³-hybridized carbons (Fsp3) is 0.208. The highest BCUT2D eigenvalue weighted by molar-refractivity contribution is 5.90. The molecule has 6 heteroatoms. The number of aromatic nitrogens is 1. The Labute approximate surface area is 173 Å². The predicted molar refractivity (Wildman–Crippen MR) is 115 cm³/mol. The second-order valence-electron chi connectivity index (χ2n) is 8.00. The minimum Gasteiger partial charge on any atom is -0.497 e. The standard InChI is InChI=1S/C24H21N3O3/c1-28-16-8-6-15(7-9-16)12-27-13-24(18-4-2-3-5-20(18)27)14-29-22-11-21-17(10-19(22)24)23(25)26-30-21/h2-11H,12-14H2,1H3,(H2,25,26). The lowest BCUT2D eigenvalue weighted by Gasteiger charge is -2.25. The lowest BCUT2D eigenvalue weighted by Crippen LogP contribution is -2.35. The third-order valence-corrected chi connectivity index (χ3v) is 6.34. The molecule has 150 valence electrons. The zero-order chi connectivity index (χ0) is 20.3. The quantitative estimate of drug-likeness (QED) is 0.559. The van der Waals surface area contributed by atoms with Gasteiger partial charge in [-0.05, 0) is 35.4 Å². The van der Waals surface area contributed by atoms with Gasteiger partial charge < -0.3 is 24.6 Å². The second-order valence-corrected chi connectivity index (χ2v) is 8.00. The van der Waals surface area contributed by atoms with E-state index >= 15 is 0 Å². The molecule has 0 fully saturated rings. The average Bonchev–Trinajstić information content (AvgIpc) is 3.43. The van der Waals surface area contributed by atoms with Gasteiger partial charge in [-0.1, -0.05) is 35.5 Å². The Morgan fingerprint density at radius 1 is 1.10 bits per heavy atom. The molecule has 0 saturated carbocycles. The molecule has 6 rings (SSSR count). The van der Waals surface area contributed by atoms with E-state index in [1.807, 2.05) is 18.2 Å². The van der Waals surface area contributed by atoms with Crippen molar-refractivity contribution in [3.63, 3.8) is 0 Å². The van der Waals surface area contributed by atoms with Gasteiger partial charge in [0.1, 0.15) is 18.1 Å². The van der Waals surface area contributed by atoms with Crippen LogP contribution in [0.4, 0.5) is 11.5 Å². The van der Waals surface area contributed by atoms with Gasteiger partial charge in [0.25, 0.3) is 0 Å². The predicted octanol–water partition coefficient (Wildman–Crippen LogP) is 4.12. The van der Waals surface area contributed by atoms with Crippen molar-refractivity contribution in [2.75, 3.05) is 30.9 Å². The number of ether oxygens (including phenoxy) is 2. The maximum atomic E-state index is 6.17. The van der Waals surface area contributed by atoms with Crippen LogP contribution in [0.3, 0.4) is 0 Å². The van der Waals surface area contributed by atoms with Crippen molar-refractivity contribution >= 4 is 22.5 Å². The number of nitrogen functional groups attached to an aromatic ring is 1. The molecule has 2 aliphatic heterocycles. The van der Waals surface area contributed by atoms with Crippen LogP contribution in [-0.2, 0) is 12.0 Å². The summed E-state index contributed by atoms with van der Waals surface area (Å²) in [6.07, 6.45) is 0. The normalized spacial score (nSPS) is 19.2. The number of para-hydroxylation sites is 1. The molecule has 0 saturated heterocycles. The molecule has 1 unspecified atom stereocenters. The highest BCUT2D eigenvalue weighted by Gasteiger charge is 2.49. The number of hydrogen-bond acceptors (Lipinski definition) is 6. The van der Waals surface area contributed by atoms with E-state index in [0.717, 1.165) is 35.5 Å². The van der Waals surface area contributed by atoms with Crippen LogP contribution in [0.25, 0.3) is 11.0 Å². The third-order valence-electron chi connectivity index (χ3n) is 6.34. The second kappa shape index (κ2) is 6.16. The summed E-state index contributed by atoms with van der Waals surface area (Å²) in [7, 11) is 1.69. The van der Waals surface area contributed by atoms with Gasteiger partial charge in [-0.3, -0.25) is 0 Å². The topological polar surface area (TPSA) is 73.8 Å². The van der Waals surface area contributed by atoms with E-state index in [-0.39, 0.29) is 5.41 Å². The SMILES string of the molecule is COc1ccc(CN2CC3(COc4cc5onc(N)c5cc43)c3ccccc32)cc1. The molecule has 0 bridgehead atoms. The van der Waals surface area contributed by atoms with E-state index in [4.69, 9.17) is 19.7 Å². The van der Waals surface area contributed by atoms with Crippen LogP contribution in [0, 0.1) is 0 Å². The molecule has 30 heavy (non-hydrogen) atoms. The molecule has 4 aromatic rings. The summed E-state index contributed by atoms with van der Waals surface area (Å²) in [5.41, 5.74) is 11.4. The van der Waals surface area contributed by atoms with E-state index in [0.29, 0.717) is 18.0 Å². The van der Waals surface area contributed by atoms with E-state index in [1.165, 1.54) is 16.8 Å². The fourth-order valence-electron chi connectivity index (χ4n) is 4.85. The fourth-order valence-corrected chi connectivity index (χ4v) is 4.85.